The molecular formula is C17H24N2O2. The quantitative estimate of drug-likeness (QED) is 0.923. The van der Waals surface area contributed by atoms with Crippen molar-refractivity contribution in [2.45, 2.75) is 25.4 Å². The van der Waals surface area contributed by atoms with Crippen LogP contribution < -0.4 is 15.2 Å². The van der Waals surface area contributed by atoms with Crippen LogP contribution in [-0.2, 0) is 0 Å². The molecule has 2 heterocycles. The molecule has 21 heavy (non-hydrogen) atoms. The summed E-state index contributed by atoms with van der Waals surface area (Å²) in [6.45, 7) is 6.46. The van der Waals surface area contributed by atoms with Crippen molar-refractivity contribution in [2.75, 3.05) is 32.8 Å². The van der Waals surface area contributed by atoms with Gasteiger partial charge in [0.1, 0.15) is 17.1 Å². The number of piperidine rings is 1. The lowest BCUT2D eigenvalue weighted by atomic mass is 9.88. The van der Waals surface area contributed by atoms with E-state index in [1.165, 1.54) is 0 Å². The lowest BCUT2D eigenvalue weighted by Crippen LogP contribution is -2.48. The van der Waals surface area contributed by atoms with Crippen molar-refractivity contribution in [3.05, 3.63) is 29.8 Å². The minimum atomic E-state index is -0.150. The van der Waals surface area contributed by atoms with Gasteiger partial charge < -0.3 is 20.1 Å². The number of likely N-dealkylation sites (tertiary alicyclic amines) is 1. The Hall–Kier alpha value is -1.52. The maximum Gasteiger partial charge on any atom is 0.131 e. The van der Waals surface area contributed by atoms with E-state index in [4.69, 9.17) is 15.2 Å². The average molecular weight is 288 g/mol. The van der Waals surface area contributed by atoms with Crippen LogP contribution in [0.3, 0.4) is 0 Å². The maximum atomic E-state index is 6.35. The molecule has 114 valence electrons. The topological polar surface area (TPSA) is 47.7 Å². The third-order valence-electron chi connectivity index (χ3n) is 4.32. The van der Waals surface area contributed by atoms with Gasteiger partial charge in [0.05, 0.1) is 6.61 Å². The monoisotopic (exact) mass is 288 g/mol. The SMILES string of the molecule is CCOc1ccc2c(c1)OC1(C=C2)CCN(CCN)CC1. The lowest BCUT2D eigenvalue weighted by molar-refractivity contribution is 0.0396. The van der Waals surface area contributed by atoms with Crippen LogP contribution in [-0.4, -0.2) is 43.3 Å². The van der Waals surface area contributed by atoms with Crippen LogP contribution in [0.4, 0.5) is 0 Å². The van der Waals surface area contributed by atoms with E-state index < -0.39 is 0 Å². The van der Waals surface area contributed by atoms with Gasteiger partial charge in [-0.05, 0) is 25.1 Å². The molecule has 1 aromatic rings. The summed E-state index contributed by atoms with van der Waals surface area (Å²) in [5.74, 6) is 1.82. The molecule has 1 spiro atoms. The van der Waals surface area contributed by atoms with E-state index in [-0.39, 0.29) is 5.60 Å². The van der Waals surface area contributed by atoms with Crippen molar-refractivity contribution in [2.24, 2.45) is 5.73 Å². The Kier molecular flexibility index (Phi) is 4.17. The van der Waals surface area contributed by atoms with Gasteiger partial charge in [0, 0.05) is 50.7 Å². The summed E-state index contributed by atoms with van der Waals surface area (Å²) in [4.78, 5) is 2.41. The van der Waals surface area contributed by atoms with Crippen molar-refractivity contribution in [3.8, 4) is 11.5 Å². The first kappa shape index (κ1) is 14.4. The molecule has 0 amide bonds. The van der Waals surface area contributed by atoms with Gasteiger partial charge in [-0.3, -0.25) is 0 Å². The van der Waals surface area contributed by atoms with Gasteiger partial charge in [-0.2, -0.15) is 0 Å². The van der Waals surface area contributed by atoms with Crippen LogP contribution in [0.5, 0.6) is 11.5 Å². The van der Waals surface area contributed by atoms with Gasteiger partial charge in [0.15, 0.2) is 0 Å². The molecule has 3 rings (SSSR count). The first-order valence-corrected chi connectivity index (χ1v) is 7.82. The summed E-state index contributed by atoms with van der Waals surface area (Å²) < 4.78 is 11.9. The van der Waals surface area contributed by atoms with Crippen molar-refractivity contribution in [1.82, 2.24) is 4.90 Å². The second kappa shape index (κ2) is 6.08. The van der Waals surface area contributed by atoms with E-state index in [1.54, 1.807) is 0 Å². The summed E-state index contributed by atoms with van der Waals surface area (Å²) in [6, 6.07) is 6.07. The lowest BCUT2D eigenvalue weighted by Gasteiger charge is -2.41. The zero-order valence-electron chi connectivity index (χ0n) is 12.7. The molecule has 2 aliphatic rings. The summed E-state index contributed by atoms with van der Waals surface area (Å²) in [5.41, 5.74) is 6.62. The van der Waals surface area contributed by atoms with E-state index >= 15 is 0 Å². The second-order valence-corrected chi connectivity index (χ2v) is 5.76. The Morgan fingerprint density at radius 1 is 1.33 bits per heavy atom. The number of nitrogens with two attached hydrogens (primary N) is 1. The van der Waals surface area contributed by atoms with Gasteiger partial charge in [-0.25, -0.2) is 0 Å². The molecule has 0 bridgehead atoms. The van der Waals surface area contributed by atoms with Crippen molar-refractivity contribution >= 4 is 6.08 Å². The van der Waals surface area contributed by atoms with E-state index in [1.807, 2.05) is 19.1 Å². The zero-order valence-corrected chi connectivity index (χ0v) is 12.7. The second-order valence-electron chi connectivity index (χ2n) is 5.76. The maximum absolute atomic E-state index is 6.35. The smallest absolute Gasteiger partial charge is 0.131 e. The molecule has 1 aromatic carbocycles. The van der Waals surface area contributed by atoms with Crippen LogP contribution in [0, 0.1) is 0 Å². The van der Waals surface area contributed by atoms with Gasteiger partial charge >= 0.3 is 0 Å². The highest BCUT2D eigenvalue weighted by molar-refractivity contribution is 5.62. The van der Waals surface area contributed by atoms with Crippen LogP contribution in [0.1, 0.15) is 25.3 Å². The first-order chi connectivity index (χ1) is 10.2. The van der Waals surface area contributed by atoms with Crippen LogP contribution in [0.2, 0.25) is 0 Å². The predicted molar refractivity (Wildman–Crippen MR) is 84.7 cm³/mol. The minimum absolute atomic E-state index is 0.150. The highest BCUT2D eigenvalue weighted by Crippen LogP contribution is 2.38. The first-order valence-electron chi connectivity index (χ1n) is 7.82. The molecule has 2 N–H and O–H groups in total. The normalized spacial score (nSPS) is 20.1. The Morgan fingerprint density at radius 2 is 2.14 bits per heavy atom. The van der Waals surface area contributed by atoms with Crippen LogP contribution in [0.25, 0.3) is 6.08 Å². The van der Waals surface area contributed by atoms with E-state index in [9.17, 15) is 0 Å². The zero-order chi connectivity index (χ0) is 14.7. The molecule has 4 heteroatoms. The summed E-state index contributed by atoms with van der Waals surface area (Å²) >= 11 is 0. The molecule has 1 saturated heterocycles. The van der Waals surface area contributed by atoms with Crippen molar-refractivity contribution < 1.29 is 9.47 Å². The molecule has 0 saturated carbocycles. The van der Waals surface area contributed by atoms with Crippen LogP contribution >= 0.6 is 0 Å². The van der Waals surface area contributed by atoms with Gasteiger partial charge in [-0.15, -0.1) is 0 Å². The number of nitrogens with zero attached hydrogens (tertiary/aromatic N) is 1. The van der Waals surface area contributed by atoms with Crippen molar-refractivity contribution in [3.63, 3.8) is 0 Å². The third-order valence-corrected chi connectivity index (χ3v) is 4.32. The molecule has 4 nitrogen and oxygen atoms in total. The fourth-order valence-corrected chi connectivity index (χ4v) is 3.10. The molecule has 0 radical (unpaired) electrons. The minimum Gasteiger partial charge on any atom is -0.494 e. The number of ether oxygens (including phenoxy) is 2. The summed E-state index contributed by atoms with van der Waals surface area (Å²) in [7, 11) is 0. The Bertz CT molecular complexity index is 520. The Morgan fingerprint density at radius 3 is 2.86 bits per heavy atom. The average Bonchev–Trinajstić information content (AvgIpc) is 2.50. The number of fused-ring (bicyclic) bond motifs is 1. The van der Waals surface area contributed by atoms with Crippen molar-refractivity contribution in [1.29, 1.82) is 0 Å². The van der Waals surface area contributed by atoms with Crippen LogP contribution in [0.15, 0.2) is 24.3 Å². The molecule has 1 fully saturated rings. The molecule has 0 aromatic heterocycles. The molecular weight excluding hydrogens is 264 g/mol. The predicted octanol–water partition coefficient (Wildman–Crippen LogP) is 2.28. The summed E-state index contributed by atoms with van der Waals surface area (Å²) in [5, 5.41) is 0. The largest absolute Gasteiger partial charge is 0.494 e. The number of benzene rings is 1. The highest BCUT2D eigenvalue weighted by atomic mass is 16.5. The fourth-order valence-electron chi connectivity index (χ4n) is 3.10. The summed E-state index contributed by atoms with van der Waals surface area (Å²) in [6.07, 6.45) is 6.45. The van der Waals surface area contributed by atoms with E-state index in [0.717, 1.165) is 56.1 Å². The van der Waals surface area contributed by atoms with Gasteiger partial charge in [-0.1, -0.05) is 6.08 Å². The molecule has 2 aliphatic heterocycles. The third kappa shape index (κ3) is 3.06. The Labute approximate surface area is 126 Å². The molecule has 0 unspecified atom stereocenters. The Balaban J connectivity index is 1.73. The number of hydrogen-bond donors (Lipinski definition) is 1. The molecule has 0 atom stereocenters. The van der Waals surface area contributed by atoms with E-state index in [0.29, 0.717) is 6.61 Å². The number of rotatable bonds is 4. The molecule has 0 aliphatic carbocycles. The number of hydrogen-bond acceptors (Lipinski definition) is 4. The standard InChI is InChI=1S/C17H24N2O2/c1-2-20-15-4-3-14-5-6-17(21-16(14)13-15)7-10-19(11-8-17)12-9-18/h3-6,13H,2,7-12,18H2,1H3. The van der Waals surface area contributed by atoms with Gasteiger partial charge in [0.25, 0.3) is 0 Å². The van der Waals surface area contributed by atoms with E-state index in [2.05, 4.69) is 23.1 Å². The highest BCUT2D eigenvalue weighted by Gasteiger charge is 2.36. The van der Waals surface area contributed by atoms with Gasteiger partial charge in [0.2, 0.25) is 0 Å². The fraction of sp³-hybridized carbons (Fsp3) is 0.529.